The molecule has 0 heterocycles. The molecule has 0 bridgehead atoms. The van der Waals surface area contributed by atoms with E-state index >= 15 is 0 Å². The average Bonchev–Trinajstić information content (AvgIpc) is 2.53. The summed E-state index contributed by atoms with van der Waals surface area (Å²) in [5, 5.41) is 0. The van der Waals surface area contributed by atoms with Crippen LogP contribution in [0.3, 0.4) is 0 Å². The number of nitrogen functional groups attached to an aromatic ring is 1. The van der Waals surface area contributed by atoms with Gasteiger partial charge in [-0.2, -0.15) is 0 Å². The van der Waals surface area contributed by atoms with Gasteiger partial charge >= 0.3 is 0 Å². The Labute approximate surface area is 125 Å². The van der Waals surface area contributed by atoms with E-state index in [0.717, 1.165) is 5.56 Å². The molecule has 1 amide bonds. The smallest absolute Gasteiger partial charge is 0.260 e. The lowest BCUT2D eigenvalue weighted by atomic mass is 10.1. The molecule has 2 aromatic carbocycles. The van der Waals surface area contributed by atoms with E-state index < -0.39 is 0 Å². The van der Waals surface area contributed by atoms with Crippen LogP contribution in [-0.2, 0) is 4.79 Å². The lowest BCUT2D eigenvalue weighted by molar-refractivity contribution is -0.134. The topological polar surface area (TPSA) is 55.6 Å². The maximum absolute atomic E-state index is 12.2. The fourth-order valence-corrected chi connectivity index (χ4v) is 1.98. The Kier molecular flexibility index (Phi) is 4.82. The monoisotopic (exact) mass is 284 g/mol. The van der Waals surface area contributed by atoms with E-state index in [0.29, 0.717) is 11.4 Å². The predicted molar refractivity (Wildman–Crippen MR) is 84.0 cm³/mol. The molecule has 0 fully saturated rings. The number of hydrogen-bond acceptors (Lipinski definition) is 3. The van der Waals surface area contributed by atoms with Gasteiger partial charge in [0.1, 0.15) is 5.75 Å². The number of nitrogens with zero attached hydrogens (tertiary/aromatic N) is 1. The molecule has 0 aliphatic heterocycles. The van der Waals surface area contributed by atoms with Crippen molar-refractivity contribution in [1.29, 1.82) is 0 Å². The van der Waals surface area contributed by atoms with Gasteiger partial charge in [-0.3, -0.25) is 4.79 Å². The molecule has 1 atom stereocenters. The van der Waals surface area contributed by atoms with Crippen LogP contribution < -0.4 is 10.5 Å². The molecule has 0 aliphatic rings. The molecule has 0 saturated heterocycles. The largest absolute Gasteiger partial charge is 0.484 e. The van der Waals surface area contributed by atoms with Gasteiger partial charge in [-0.25, -0.2) is 0 Å². The Morgan fingerprint density at radius 3 is 2.38 bits per heavy atom. The van der Waals surface area contributed by atoms with Gasteiger partial charge in [-0.1, -0.05) is 30.3 Å². The summed E-state index contributed by atoms with van der Waals surface area (Å²) in [6.45, 7) is 2.01. The standard InChI is InChI=1S/C17H20N2O2/c1-13(14-6-4-3-5-7-14)19(2)17(20)12-21-16-10-8-15(18)9-11-16/h3-11,13H,12,18H2,1-2H3. The van der Waals surface area contributed by atoms with Crippen LogP contribution in [0.4, 0.5) is 5.69 Å². The van der Waals surface area contributed by atoms with Crippen molar-refractivity contribution in [2.24, 2.45) is 0 Å². The fourth-order valence-electron chi connectivity index (χ4n) is 1.98. The Bertz CT molecular complexity index is 581. The Morgan fingerprint density at radius 1 is 1.14 bits per heavy atom. The van der Waals surface area contributed by atoms with E-state index in [-0.39, 0.29) is 18.6 Å². The zero-order valence-electron chi connectivity index (χ0n) is 12.3. The summed E-state index contributed by atoms with van der Waals surface area (Å²) in [4.78, 5) is 13.9. The fraction of sp³-hybridized carbons (Fsp3) is 0.235. The van der Waals surface area contributed by atoms with Crippen molar-refractivity contribution in [2.45, 2.75) is 13.0 Å². The number of amides is 1. The molecule has 21 heavy (non-hydrogen) atoms. The molecule has 0 aliphatic carbocycles. The number of hydrogen-bond donors (Lipinski definition) is 1. The minimum absolute atomic E-state index is 0.00807. The molecule has 110 valence electrons. The Hall–Kier alpha value is -2.49. The van der Waals surface area contributed by atoms with Crippen molar-refractivity contribution < 1.29 is 9.53 Å². The molecule has 2 aromatic rings. The maximum atomic E-state index is 12.2. The molecular formula is C17H20N2O2. The molecule has 0 radical (unpaired) electrons. The van der Waals surface area contributed by atoms with Crippen LogP contribution >= 0.6 is 0 Å². The minimum atomic E-state index is -0.0665. The summed E-state index contributed by atoms with van der Waals surface area (Å²) < 4.78 is 5.48. The second-order valence-corrected chi connectivity index (χ2v) is 4.95. The van der Waals surface area contributed by atoms with Gasteiger partial charge in [0.15, 0.2) is 6.61 Å². The maximum Gasteiger partial charge on any atom is 0.260 e. The highest BCUT2D eigenvalue weighted by molar-refractivity contribution is 5.78. The van der Waals surface area contributed by atoms with Crippen LogP contribution in [0.25, 0.3) is 0 Å². The van der Waals surface area contributed by atoms with E-state index in [1.54, 1.807) is 36.2 Å². The molecule has 2 N–H and O–H groups in total. The first kappa shape index (κ1) is 14.9. The number of anilines is 1. The van der Waals surface area contributed by atoms with Crippen LogP contribution in [0, 0.1) is 0 Å². The number of benzene rings is 2. The Morgan fingerprint density at radius 2 is 1.76 bits per heavy atom. The highest BCUT2D eigenvalue weighted by Crippen LogP contribution is 2.19. The van der Waals surface area contributed by atoms with E-state index in [1.165, 1.54) is 0 Å². The van der Waals surface area contributed by atoms with Gasteiger partial charge in [-0.15, -0.1) is 0 Å². The van der Waals surface area contributed by atoms with Gasteiger partial charge in [0.05, 0.1) is 6.04 Å². The number of carbonyl (C=O) groups is 1. The summed E-state index contributed by atoms with van der Waals surface area (Å²) in [5.74, 6) is 0.571. The third kappa shape index (κ3) is 3.99. The SMILES string of the molecule is CC(c1ccccc1)N(C)C(=O)COc1ccc(N)cc1. The van der Waals surface area contributed by atoms with Gasteiger partial charge in [-0.05, 0) is 36.8 Å². The highest BCUT2D eigenvalue weighted by atomic mass is 16.5. The van der Waals surface area contributed by atoms with Crippen molar-refractivity contribution in [1.82, 2.24) is 4.90 Å². The first-order valence-electron chi connectivity index (χ1n) is 6.87. The molecule has 0 aromatic heterocycles. The first-order valence-corrected chi connectivity index (χ1v) is 6.87. The third-order valence-corrected chi connectivity index (χ3v) is 3.50. The molecule has 0 spiro atoms. The van der Waals surface area contributed by atoms with Crippen molar-refractivity contribution >= 4 is 11.6 Å². The van der Waals surface area contributed by atoms with Crippen LogP contribution in [0.5, 0.6) is 5.75 Å². The molecule has 4 nitrogen and oxygen atoms in total. The third-order valence-electron chi connectivity index (χ3n) is 3.50. The van der Waals surface area contributed by atoms with Crippen molar-refractivity contribution in [3.63, 3.8) is 0 Å². The van der Waals surface area contributed by atoms with E-state index in [1.807, 2.05) is 37.3 Å². The summed E-state index contributed by atoms with van der Waals surface area (Å²) in [6.07, 6.45) is 0. The summed E-state index contributed by atoms with van der Waals surface area (Å²) >= 11 is 0. The average molecular weight is 284 g/mol. The van der Waals surface area contributed by atoms with Crippen LogP contribution in [0.2, 0.25) is 0 Å². The zero-order valence-corrected chi connectivity index (χ0v) is 12.3. The van der Waals surface area contributed by atoms with E-state index in [4.69, 9.17) is 10.5 Å². The quantitative estimate of drug-likeness (QED) is 0.859. The van der Waals surface area contributed by atoms with Gasteiger partial charge < -0.3 is 15.4 Å². The second kappa shape index (κ2) is 6.79. The zero-order chi connectivity index (χ0) is 15.2. The molecule has 4 heteroatoms. The van der Waals surface area contributed by atoms with Crippen molar-refractivity contribution in [2.75, 3.05) is 19.4 Å². The number of ether oxygens (including phenoxy) is 1. The Balaban J connectivity index is 1.92. The number of nitrogens with two attached hydrogens (primary N) is 1. The van der Waals surface area contributed by atoms with Crippen LogP contribution in [-0.4, -0.2) is 24.5 Å². The number of carbonyl (C=O) groups excluding carboxylic acids is 1. The van der Waals surface area contributed by atoms with Crippen LogP contribution in [0.15, 0.2) is 54.6 Å². The van der Waals surface area contributed by atoms with Gasteiger partial charge in [0.2, 0.25) is 0 Å². The van der Waals surface area contributed by atoms with E-state index in [9.17, 15) is 4.79 Å². The normalized spacial score (nSPS) is 11.7. The molecule has 0 saturated carbocycles. The minimum Gasteiger partial charge on any atom is -0.484 e. The van der Waals surface area contributed by atoms with Crippen molar-refractivity contribution in [3.05, 3.63) is 60.2 Å². The lowest BCUT2D eigenvalue weighted by Crippen LogP contribution is -2.33. The van der Waals surface area contributed by atoms with Crippen molar-refractivity contribution in [3.8, 4) is 5.75 Å². The van der Waals surface area contributed by atoms with Gasteiger partial charge in [0, 0.05) is 12.7 Å². The van der Waals surface area contributed by atoms with Crippen LogP contribution in [0.1, 0.15) is 18.5 Å². The molecule has 2 rings (SSSR count). The van der Waals surface area contributed by atoms with E-state index in [2.05, 4.69) is 0 Å². The van der Waals surface area contributed by atoms with Gasteiger partial charge in [0.25, 0.3) is 5.91 Å². The summed E-state index contributed by atoms with van der Waals surface area (Å²) in [6, 6.07) is 16.9. The lowest BCUT2D eigenvalue weighted by Gasteiger charge is -2.25. The first-order chi connectivity index (χ1) is 10.1. The predicted octanol–water partition coefficient (Wildman–Crippen LogP) is 2.87. The summed E-state index contributed by atoms with van der Waals surface area (Å²) in [7, 11) is 1.78. The molecule has 1 unspecified atom stereocenters. The summed E-state index contributed by atoms with van der Waals surface area (Å²) in [5.41, 5.74) is 7.37. The second-order valence-electron chi connectivity index (χ2n) is 4.95. The number of rotatable bonds is 5. The number of likely N-dealkylation sites (N-methyl/N-ethyl adjacent to an activating group) is 1. The molecular weight excluding hydrogens is 264 g/mol. The highest BCUT2D eigenvalue weighted by Gasteiger charge is 2.17.